The molecule has 1 aliphatic heterocycles. The zero-order valence-corrected chi connectivity index (χ0v) is 15.2. The second-order valence-electron chi connectivity index (χ2n) is 7.32. The Morgan fingerprint density at radius 3 is 2.50 bits per heavy atom. The molecule has 0 radical (unpaired) electrons. The molecule has 3 amide bonds. The number of carbonyl (C=O) groups is 3. The monoisotopic (exact) mass is 357 g/mol. The molecule has 2 unspecified atom stereocenters. The van der Waals surface area contributed by atoms with Crippen molar-refractivity contribution in [3.05, 3.63) is 35.9 Å². The lowest BCUT2D eigenvalue weighted by molar-refractivity contribution is -0.134. The maximum absolute atomic E-state index is 12.7. The largest absolute Gasteiger partial charge is 0.344 e. The van der Waals surface area contributed by atoms with Gasteiger partial charge in [0.1, 0.15) is 12.1 Å². The molecule has 140 valence electrons. The molecule has 6 nitrogen and oxygen atoms in total. The maximum Gasteiger partial charge on any atom is 0.245 e. The molecule has 2 aliphatic rings. The van der Waals surface area contributed by atoms with Gasteiger partial charge >= 0.3 is 0 Å². The summed E-state index contributed by atoms with van der Waals surface area (Å²) in [5, 5.41) is 5.67. The summed E-state index contributed by atoms with van der Waals surface area (Å²) in [6.45, 7) is 2.62. The Bertz CT molecular complexity index is 656. The van der Waals surface area contributed by atoms with E-state index in [1.165, 1.54) is 6.92 Å². The van der Waals surface area contributed by atoms with E-state index in [4.69, 9.17) is 0 Å². The summed E-state index contributed by atoms with van der Waals surface area (Å²) in [5.74, 6) is -0.321. The molecular weight excluding hydrogens is 330 g/mol. The van der Waals surface area contributed by atoms with Gasteiger partial charge in [0.2, 0.25) is 17.7 Å². The number of likely N-dealkylation sites (tertiary alicyclic amines) is 1. The first-order valence-electron chi connectivity index (χ1n) is 9.45. The van der Waals surface area contributed by atoms with Crippen molar-refractivity contribution in [2.24, 2.45) is 5.92 Å². The van der Waals surface area contributed by atoms with E-state index in [9.17, 15) is 14.4 Å². The Kier molecular flexibility index (Phi) is 5.91. The number of carbonyl (C=O) groups excluding carboxylic acids is 3. The minimum Gasteiger partial charge on any atom is -0.344 e. The van der Waals surface area contributed by atoms with E-state index in [-0.39, 0.29) is 23.6 Å². The summed E-state index contributed by atoms with van der Waals surface area (Å²) in [6, 6.07) is 8.81. The van der Waals surface area contributed by atoms with E-state index in [1.807, 2.05) is 30.3 Å². The van der Waals surface area contributed by atoms with E-state index >= 15 is 0 Å². The summed E-state index contributed by atoms with van der Waals surface area (Å²) in [7, 11) is 0. The van der Waals surface area contributed by atoms with Crippen LogP contribution in [0.3, 0.4) is 0 Å². The summed E-state index contributed by atoms with van der Waals surface area (Å²) in [4.78, 5) is 38.7. The molecule has 2 atom stereocenters. The molecule has 1 aromatic rings. The molecule has 6 heteroatoms. The highest BCUT2D eigenvalue weighted by molar-refractivity contribution is 5.92. The Hall–Kier alpha value is -2.37. The fraction of sp³-hybridized carbons (Fsp3) is 0.550. The first-order chi connectivity index (χ1) is 12.5. The number of nitrogens with one attached hydrogen (secondary N) is 2. The van der Waals surface area contributed by atoms with Gasteiger partial charge in [-0.25, -0.2) is 0 Å². The number of rotatable bonds is 6. The van der Waals surface area contributed by atoms with Gasteiger partial charge < -0.3 is 15.5 Å². The number of benzene rings is 1. The van der Waals surface area contributed by atoms with E-state index < -0.39 is 12.1 Å². The predicted molar refractivity (Wildman–Crippen MR) is 98.0 cm³/mol. The Morgan fingerprint density at radius 2 is 1.85 bits per heavy atom. The van der Waals surface area contributed by atoms with Crippen molar-refractivity contribution in [3.8, 4) is 0 Å². The SMILES string of the molecule is CC(=O)NC(C(=O)NC1CCN(Cc2ccccc2)C1=O)C1CCCC1. The van der Waals surface area contributed by atoms with Crippen LogP contribution in [0.5, 0.6) is 0 Å². The Morgan fingerprint density at radius 1 is 1.15 bits per heavy atom. The molecule has 1 heterocycles. The van der Waals surface area contributed by atoms with Crippen LogP contribution in [0.2, 0.25) is 0 Å². The van der Waals surface area contributed by atoms with Gasteiger partial charge in [-0.15, -0.1) is 0 Å². The van der Waals surface area contributed by atoms with E-state index in [2.05, 4.69) is 10.6 Å². The van der Waals surface area contributed by atoms with Gasteiger partial charge in [0.05, 0.1) is 0 Å². The van der Waals surface area contributed by atoms with Gasteiger partial charge in [-0.05, 0) is 30.7 Å². The number of hydrogen-bond donors (Lipinski definition) is 2. The summed E-state index contributed by atoms with van der Waals surface area (Å²) >= 11 is 0. The number of amides is 3. The molecule has 2 fully saturated rings. The normalized spacial score (nSPS) is 21.7. The molecule has 1 saturated heterocycles. The standard InChI is InChI=1S/C20H27N3O3/c1-14(24)21-18(16-9-5-6-10-16)19(25)22-17-11-12-23(20(17)26)13-15-7-3-2-4-8-15/h2-4,7-8,16-18H,5-6,9-13H2,1H3,(H,21,24)(H,22,25). The lowest BCUT2D eigenvalue weighted by Crippen LogP contribution is -2.53. The van der Waals surface area contributed by atoms with Crippen LogP contribution in [0, 0.1) is 5.92 Å². The lowest BCUT2D eigenvalue weighted by atomic mass is 9.97. The second-order valence-corrected chi connectivity index (χ2v) is 7.32. The molecule has 1 saturated carbocycles. The van der Waals surface area contributed by atoms with E-state index in [1.54, 1.807) is 4.90 Å². The summed E-state index contributed by atoms with van der Waals surface area (Å²) < 4.78 is 0. The van der Waals surface area contributed by atoms with Crippen LogP contribution in [0.25, 0.3) is 0 Å². The third kappa shape index (κ3) is 4.42. The van der Waals surface area contributed by atoms with Crippen molar-refractivity contribution < 1.29 is 14.4 Å². The average Bonchev–Trinajstić information content (AvgIpc) is 3.26. The zero-order valence-electron chi connectivity index (χ0n) is 15.2. The van der Waals surface area contributed by atoms with E-state index in [0.717, 1.165) is 31.2 Å². The van der Waals surface area contributed by atoms with Crippen LogP contribution in [-0.4, -0.2) is 41.2 Å². The zero-order chi connectivity index (χ0) is 18.5. The van der Waals surface area contributed by atoms with Gasteiger partial charge in [-0.2, -0.15) is 0 Å². The van der Waals surface area contributed by atoms with Gasteiger partial charge in [0.15, 0.2) is 0 Å². The quantitative estimate of drug-likeness (QED) is 0.812. The van der Waals surface area contributed by atoms with Crippen LogP contribution in [0.15, 0.2) is 30.3 Å². The number of nitrogens with zero attached hydrogens (tertiary/aromatic N) is 1. The molecule has 0 aromatic heterocycles. The summed E-state index contributed by atoms with van der Waals surface area (Å²) in [5.41, 5.74) is 1.08. The van der Waals surface area contributed by atoms with Crippen LogP contribution in [0.4, 0.5) is 0 Å². The topological polar surface area (TPSA) is 78.5 Å². The highest BCUT2D eigenvalue weighted by Gasteiger charge is 2.37. The first-order valence-corrected chi connectivity index (χ1v) is 9.45. The predicted octanol–water partition coefficient (Wildman–Crippen LogP) is 1.60. The van der Waals surface area contributed by atoms with Gasteiger partial charge in [0.25, 0.3) is 0 Å². The van der Waals surface area contributed by atoms with Crippen molar-refractivity contribution in [2.75, 3.05) is 6.54 Å². The first kappa shape index (κ1) is 18.4. The van der Waals surface area contributed by atoms with E-state index in [0.29, 0.717) is 19.5 Å². The van der Waals surface area contributed by atoms with Crippen molar-refractivity contribution in [1.82, 2.24) is 15.5 Å². The summed E-state index contributed by atoms with van der Waals surface area (Å²) in [6.07, 6.45) is 4.66. The smallest absolute Gasteiger partial charge is 0.245 e. The fourth-order valence-corrected chi connectivity index (χ4v) is 4.00. The Labute approximate surface area is 154 Å². The van der Waals surface area contributed by atoms with Crippen molar-refractivity contribution in [3.63, 3.8) is 0 Å². The van der Waals surface area contributed by atoms with Gasteiger partial charge in [-0.3, -0.25) is 14.4 Å². The third-order valence-corrected chi connectivity index (χ3v) is 5.34. The molecule has 1 aliphatic carbocycles. The minimum absolute atomic E-state index is 0.0461. The van der Waals surface area contributed by atoms with Crippen molar-refractivity contribution in [2.45, 2.75) is 57.7 Å². The highest BCUT2D eigenvalue weighted by atomic mass is 16.2. The molecule has 3 rings (SSSR count). The van der Waals surface area contributed by atoms with Gasteiger partial charge in [0, 0.05) is 20.0 Å². The fourth-order valence-electron chi connectivity index (χ4n) is 4.00. The van der Waals surface area contributed by atoms with Crippen LogP contribution in [-0.2, 0) is 20.9 Å². The third-order valence-electron chi connectivity index (χ3n) is 5.34. The molecule has 26 heavy (non-hydrogen) atoms. The molecule has 2 N–H and O–H groups in total. The van der Waals surface area contributed by atoms with Crippen LogP contribution < -0.4 is 10.6 Å². The van der Waals surface area contributed by atoms with Gasteiger partial charge in [-0.1, -0.05) is 43.2 Å². The van der Waals surface area contributed by atoms with Crippen LogP contribution in [0.1, 0.15) is 44.6 Å². The lowest BCUT2D eigenvalue weighted by Gasteiger charge is -2.25. The maximum atomic E-state index is 12.7. The molecule has 0 spiro atoms. The molecule has 1 aromatic carbocycles. The minimum atomic E-state index is -0.536. The molecular formula is C20H27N3O3. The number of hydrogen-bond acceptors (Lipinski definition) is 3. The second kappa shape index (κ2) is 8.34. The van der Waals surface area contributed by atoms with Crippen molar-refractivity contribution in [1.29, 1.82) is 0 Å². The van der Waals surface area contributed by atoms with Crippen LogP contribution >= 0.6 is 0 Å². The average molecular weight is 357 g/mol. The Balaban J connectivity index is 1.59. The highest BCUT2D eigenvalue weighted by Crippen LogP contribution is 2.28. The van der Waals surface area contributed by atoms with Crippen molar-refractivity contribution >= 4 is 17.7 Å². The molecule has 0 bridgehead atoms.